The normalized spacial score (nSPS) is 23.8. The number of benzene rings is 2. The number of aliphatic hydroxyl groups excluding tert-OH is 3. The molecule has 19 heteroatoms. The molecule has 12 N–H and O–H groups in total. The van der Waals surface area contributed by atoms with E-state index < -0.39 is 89.3 Å². The summed E-state index contributed by atoms with van der Waals surface area (Å²) >= 11 is 0. The third kappa shape index (κ3) is 14.2. The third-order valence-corrected chi connectivity index (χ3v) is 15.1. The minimum absolute atomic E-state index is 0.00939. The number of H-pyrrole nitrogens is 1. The summed E-state index contributed by atoms with van der Waals surface area (Å²) in [5.74, 6) is -4.15. The van der Waals surface area contributed by atoms with Crippen molar-refractivity contribution >= 4 is 67.9 Å². The maximum absolute atomic E-state index is 14.6. The van der Waals surface area contributed by atoms with Gasteiger partial charge >= 0.3 is 0 Å². The summed E-state index contributed by atoms with van der Waals surface area (Å²) in [4.78, 5) is 88.5. The molecule has 3 aromatic rings. The number of aromatic amines is 1. The van der Waals surface area contributed by atoms with E-state index in [0.717, 1.165) is 41.3 Å². The Kier molecular flexibility index (Phi) is 18.9. The van der Waals surface area contributed by atoms with Gasteiger partial charge in [-0.1, -0.05) is 89.4 Å². The molecule has 2 unspecified atom stereocenters. The van der Waals surface area contributed by atoms with Crippen LogP contribution in [0.4, 0.5) is 0 Å². The van der Waals surface area contributed by atoms with E-state index in [1.165, 1.54) is 35.4 Å². The molecule has 350 valence electrons. The standard InChI is InChI=1S/C45H64N8O9S2/c1-28(56)38-43(62)51-36(42(61)53-44(2,26-54)27-55)25-63-64-45(18-10-4-11-19-45)23-37(57)48-34(21-29-13-5-3-6-14-29)40(59)50-35(22-30-24-47-32-16-8-7-15-31(30)32)41(60)49-33(39(58)52-38)17-9-12-20-46/h3,5-8,13-16,24,28,33-36,38,47,54-56H,4,9-12,17-23,25-27,46H2,1-2H3,(H,48,57)(H,49,60)(H,50,59)(H,51,62)(H,52,58)(H,53,61)/t28-,33+,34+,35?,36?,38+/m1/s1. The van der Waals surface area contributed by atoms with E-state index in [-0.39, 0.29) is 37.3 Å². The lowest BCUT2D eigenvalue weighted by Crippen LogP contribution is -2.63. The smallest absolute Gasteiger partial charge is 0.245 e. The van der Waals surface area contributed by atoms with Crippen LogP contribution in [-0.2, 0) is 41.6 Å². The Morgan fingerprint density at radius 2 is 1.47 bits per heavy atom. The zero-order valence-corrected chi connectivity index (χ0v) is 38.2. The van der Waals surface area contributed by atoms with Gasteiger partial charge in [-0.2, -0.15) is 0 Å². The van der Waals surface area contributed by atoms with Crippen molar-refractivity contribution in [2.45, 2.75) is 131 Å². The van der Waals surface area contributed by atoms with Gasteiger partial charge in [0.25, 0.3) is 0 Å². The molecule has 1 saturated carbocycles. The SMILES string of the molecule is C[C@@H](O)[C@@H]1NC(=O)[C@H](CCCCN)NC(=O)C(Cc2c[nH]c3ccccc23)NC(=O)[C@H](Cc2ccccc2)NC(=O)CC2(CCCCC2)SSCC(C(=O)NC(C)(CO)CO)NC1=O. The Bertz CT molecular complexity index is 2040. The van der Waals surface area contributed by atoms with E-state index in [9.17, 15) is 44.1 Å². The number of fused-ring (bicyclic) bond motifs is 1. The van der Waals surface area contributed by atoms with Gasteiger partial charge in [0.05, 0.1) is 24.9 Å². The Hall–Kier alpha value is -4.66. The molecular formula is C45H64N8O9S2. The predicted molar refractivity (Wildman–Crippen MR) is 248 cm³/mol. The lowest BCUT2D eigenvalue weighted by molar-refractivity contribution is -0.136. The number of rotatable bonds is 13. The maximum Gasteiger partial charge on any atom is 0.245 e. The first-order valence-corrected chi connectivity index (χ1v) is 24.3. The van der Waals surface area contributed by atoms with E-state index in [1.54, 1.807) is 6.20 Å². The highest BCUT2D eigenvalue weighted by Crippen LogP contribution is 2.48. The molecule has 0 radical (unpaired) electrons. The summed E-state index contributed by atoms with van der Waals surface area (Å²) in [7, 11) is 2.68. The molecule has 2 aromatic carbocycles. The minimum atomic E-state index is -1.59. The molecule has 1 spiro atoms. The number of nitrogens with one attached hydrogen (secondary N) is 7. The number of carbonyl (C=O) groups excluding carboxylic acids is 6. The molecule has 5 rings (SSSR count). The first-order chi connectivity index (χ1) is 30.7. The van der Waals surface area contributed by atoms with Gasteiger partial charge in [-0.15, -0.1) is 0 Å². The fourth-order valence-corrected chi connectivity index (χ4v) is 11.3. The first kappa shape index (κ1) is 50.3. The summed E-state index contributed by atoms with van der Waals surface area (Å²) in [6.07, 6.45) is 5.44. The van der Waals surface area contributed by atoms with Crippen LogP contribution in [0.2, 0.25) is 0 Å². The van der Waals surface area contributed by atoms with Crippen molar-refractivity contribution in [3.8, 4) is 0 Å². The molecule has 6 amide bonds. The third-order valence-electron chi connectivity index (χ3n) is 11.8. The number of hydrogen-bond donors (Lipinski definition) is 11. The molecule has 1 saturated heterocycles. The second kappa shape index (κ2) is 24.0. The second-order valence-corrected chi connectivity index (χ2v) is 20.0. The summed E-state index contributed by atoms with van der Waals surface area (Å²) in [5, 5.41) is 48.2. The van der Waals surface area contributed by atoms with Crippen LogP contribution in [0, 0.1) is 0 Å². The number of hydrogen-bond acceptors (Lipinski definition) is 12. The van der Waals surface area contributed by atoms with E-state index in [0.29, 0.717) is 32.2 Å². The average molecular weight is 925 g/mol. The number of amides is 6. The summed E-state index contributed by atoms with van der Waals surface area (Å²) in [5.41, 5.74) is 6.66. The zero-order chi connectivity index (χ0) is 46.3. The van der Waals surface area contributed by atoms with Crippen molar-refractivity contribution in [3.63, 3.8) is 0 Å². The molecule has 2 fully saturated rings. The van der Waals surface area contributed by atoms with Crippen LogP contribution < -0.4 is 37.6 Å². The zero-order valence-electron chi connectivity index (χ0n) is 36.5. The molecule has 64 heavy (non-hydrogen) atoms. The lowest BCUT2D eigenvalue weighted by Gasteiger charge is -2.36. The van der Waals surface area contributed by atoms with Crippen LogP contribution in [0.15, 0.2) is 60.8 Å². The van der Waals surface area contributed by atoms with Gasteiger partial charge in [0.1, 0.15) is 30.2 Å². The molecule has 2 aliphatic rings. The van der Waals surface area contributed by atoms with Crippen LogP contribution in [0.1, 0.15) is 82.8 Å². The fraction of sp³-hybridized carbons (Fsp3) is 0.556. The van der Waals surface area contributed by atoms with Gasteiger partial charge in [0.2, 0.25) is 35.4 Å². The van der Waals surface area contributed by atoms with Crippen molar-refractivity contribution in [2.75, 3.05) is 25.5 Å². The van der Waals surface area contributed by atoms with Gasteiger partial charge < -0.3 is 57.9 Å². The number of carbonyl (C=O) groups is 6. The highest BCUT2D eigenvalue weighted by Gasteiger charge is 2.40. The summed E-state index contributed by atoms with van der Waals surface area (Å²) < 4.78 is -0.607. The van der Waals surface area contributed by atoms with Gasteiger partial charge in [-0.05, 0) is 69.7 Å². The summed E-state index contributed by atoms with van der Waals surface area (Å²) in [6.45, 7) is 1.83. The second-order valence-electron chi connectivity index (χ2n) is 17.2. The van der Waals surface area contributed by atoms with Crippen LogP contribution in [0.5, 0.6) is 0 Å². The minimum Gasteiger partial charge on any atom is -0.394 e. The van der Waals surface area contributed by atoms with Crippen molar-refractivity contribution in [1.82, 2.24) is 36.9 Å². The number of nitrogens with two attached hydrogens (primary N) is 1. The Morgan fingerprint density at radius 1 is 0.828 bits per heavy atom. The van der Waals surface area contributed by atoms with Gasteiger partial charge in [-0.3, -0.25) is 28.8 Å². The molecule has 0 bridgehead atoms. The quantitative estimate of drug-likeness (QED) is 0.0854. The molecule has 1 aromatic heterocycles. The van der Waals surface area contributed by atoms with E-state index in [2.05, 4.69) is 36.9 Å². The Labute approximate surface area is 381 Å². The lowest BCUT2D eigenvalue weighted by atomic mass is 9.85. The van der Waals surface area contributed by atoms with Gasteiger partial charge in [0.15, 0.2) is 0 Å². The molecular weight excluding hydrogens is 861 g/mol. The van der Waals surface area contributed by atoms with Crippen LogP contribution in [0.3, 0.4) is 0 Å². The average Bonchev–Trinajstić information content (AvgIpc) is 3.69. The van der Waals surface area contributed by atoms with Crippen LogP contribution in [0.25, 0.3) is 10.9 Å². The number of unbranched alkanes of at least 4 members (excludes halogenated alkanes) is 1. The van der Waals surface area contributed by atoms with Gasteiger partial charge in [0, 0.05) is 46.9 Å². The van der Waals surface area contributed by atoms with E-state index in [1.807, 2.05) is 54.6 Å². The predicted octanol–water partition coefficient (Wildman–Crippen LogP) is 1.23. The maximum atomic E-state index is 14.6. The topological polar surface area (TPSA) is 277 Å². The number of aromatic nitrogens is 1. The van der Waals surface area contributed by atoms with Crippen LogP contribution in [-0.4, -0.2) is 128 Å². The van der Waals surface area contributed by atoms with Crippen molar-refractivity contribution in [1.29, 1.82) is 0 Å². The molecule has 2 heterocycles. The molecule has 6 atom stereocenters. The molecule has 17 nitrogen and oxygen atoms in total. The van der Waals surface area contributed by atoms with Crippen molar-refractivity contribution in [2.24, 2.45) is 5.73 Å². The fourth-order valence-electron chi connectivity index (χ4n) is 7.96. The van der Waals surface area contributed by atoms with E-state index in [4.69, 9.17) is 5.73 Å². The monoisotopic (exact) mass is 924 g/mol. The Morgan fingerprint density at radius 3 is 2.14 bits per heavy atom. The van der Waals surface area contributed by atoms with E-state index >= 15 is 0 Å². The number of aliphatic hydroxyl groups is 3. The molecule has 1 aliphatic heterocycles. The van der Waals surface area contributed by atoms with Gasteiger partial charge in [-0.25, -0.2) is 0 Å². The molecule has 1 aliphatic carbocycles. The van der Waals surface area contributed by atoms with Crippen molar-refractivity contribution < 1.29 is 44.1 Å². The Balaban J connectivity index is 1.55. The summed E-state index contributed by atoms with van der Waals surface area (Å²) in [6, 6.07) is 10.2. The van der Waals surface area contributed by atoms with Crippen molar-refractivity contribution in [3.05, 3.63) is 71.9 Å². The number of para-hydroxylation sites is 1. The van der Waals surface area contributed by atoms with Crippen LogP contribution >= 0.6 is 21.6 Å². The highest BCUT2D eigenvalue weighted by molar-refractivity contribution is 8.77. The largest absolute Gasteiger partial charge is 0.394 e. The first-order valence-electron chi connectivity index (χ1n) is 22.0. The highest BCUT2D eigenvalue weighted by atomic mass is 33.1.